The predicted octanol–water partition coefficient (Wildman–Crippen LogP) is 2.30. The van der Waals surface area contributed by atoms with Crippen molar-refractivity contribution in [2.45, 2.75) is 12.8 Å². The molecule has 0 atom stereocenters. The van der Waals surface area contributed by atoms with Gasteiger partial charge in [-0.25, -0.2) is 4.98 Å². The molecule has 0 N–H and O–H groups in total. The van der Waals surface area contributed by atoms with Crippen molar-refractivity contribution in [3.05, 3.63) is 28.5 Å². The Bertz CT molecular complexity index is 278. The molecule has 56 valence electrons. The molecular formula is C8H7BrN2. The van der Waals surface area contributed by atoms with Gasteiger partial charge in [-0.15, -0.1) is 0 Å². The Morgan fingerprint density at radius 1 is 1.55 bits per heavy atom. The van der Waals surface area contributed by atoms with Crippen LogP contribution in [0.25, 0.3) is 0 Å². The average Bonchev–Trinajstić information content (AvgIpc) is 2.01. The molecule has 11 heavy (non-hydrogen) atoms. The molecule has 0 aliphatic rings. The summed E-state index contributed by atoms with van der Waals surface area (Å²) in [5.74, 6) is 0. The minimum Gasteiger partial charge on any atom is -0.246 e. The molecule has 0 bridgehead atoms. The van der Waals surface area contributed by atoms with E-state index in [1.807, 2.05) is 18.2 Å². The van der Waals surface area contributed by atoms with Gasteiger partial charge in [-0.05, 0) is 28.1 Å². The minimum atomic E-state index is 0.531. The smallest absolute Gasteiger partial charge is 0.106 e. The summed E-state index contributed by atoms with van der Waals surface area (Å²) in [4.78, 5) is 4.18. The lowest BCUT2D eigenvalue weighted by Crippen LogP contribution is -1.88. The first-order chi connectivity index (χ1) is 5.33. The molecule has 0 spiro atoms. The molecule has 0 radical (unpaired) electrons. The fourth-order valence-electron chi connectivity index (χ4n) is 0.774. The second-order valence-corrected chi connectivity index (χ2v) is 2.92. The third-order valence-corrected chi connectivity index (χ3v) is 1.71. The number of hydrogen-bond acceptors (Lipinski definition) is 2. The van der Waals surface area contributed by atoms with Gasteiger partial charge in [-0.2, -0.15) is 5.26 Å². The molecule has 1 aromatic heterocycles. The highest BCUT2D eigenvalue weighted by Gasteiger charge is 1.93. The van der Waals surface area contributed by atoms with E-state index in [1.54, 1.807) is 0 Å². The number of aryl methyl sites for hydroxylation is 1. The van der Waals surface area contributed by atoms with Crippen molar-refractivity contribution in [2.75, 3.05) is 0 Å². The molecule has 0 aliphatic carbocycles. The van der Waals surface area contributed by atoms with Crippen LogP contribution < -0.4 is 0 Å². The molecule has 0 saturated carbocycles. The van der Waals surface area contributed by atoms with Gasteiger partial charge in [0.25, 0.3) is 0 Å². The van der Waals surface area contributed by atoms with Crippen molar-refractivity contribution in [1.82, 2.24) is 4.98 Å². The van der Waals surface area contributed by atoms with E-state index in [9.17, 15) is 0 Å². The standard InChI is InChI=1S/C8H7BrN2/c9-8-5-1-3-7(11-8)4-2-6-10/h1,3,5H,2,4H2. The zero-order valence-electron chi connectivity index (χ0n) is 5.92. The lowest BCUT2D eigenvalue weighted by molar-refractivity contribution is 0.944. The molecule has 0 unspecified atom stereocenters. The number of pyridine rings is 1. The van der Waals surface area contributed by atoms with E-state index in [0.717, 1.165) is 16.7 Å². The second kappa shape index (κ2) is 4.09. The van der Waals surface area contributed by atoms with Crippen LogP contribution in [0.3, 0.4) is 0 Å². The summed E-state index contributed by atoms with van der Waals surface area (Å²) < 4.78 is 0.827. The van der Waals surface area contributed by atoms with Crippen LogP contribution in [0, 0.1) is 11.3 Å². The van der Waals surface area contributed by atoms with Crippen LogP contribution >= 0.6 is 15.9 Å². The van der Waals surface area contributed by atoms with E-state index in [2.05, 4.69) is 27.0 Å². The van der Waals surface area contributed by atoms with Crippen LogP contribution in [0.15, 0.2) is 22.8 Å². The van der Waals surface area contributed by atoms with Gasteiger partial charge >= 0.3 is 0 Å². The zero-order chi connectivity index (χ0) is 8.10. The lowest BCUT2D eigenvalue weighted by atomic mass is 10.2. The summed E-state index contributed by atoms with van der Waals surface area (Å²) >= 11 is 3.26. The summed E-state index contributed by atoms with van der Waals surface area (Å²) in [6.45, 7) is 0. The molecule has 1 rings (SSSR count). The lowest BCUT2D eigenvalue weighted by Gasteiger charge is -1.95. The first-order valence-corrected chi connectivity index (χ1v) is 4.10. The number of halogens is 1. The van der Waals surface area contributed by atoms with Crippen molar-refractivity contribution in [3.8, 4) is 6.07 Å². The molecule has 3 heteroatoms. The third-order valence-electron chi connectivity index (χ3n) is 1.27. The fraction of sp³-hybridized carbons (Fsp3) is 0.250. The van der Waals surface area contributed by atoms with Crippen molar-refractivity contribution in [2.24, 2.45) is 0 Å². The zero-order valence-corrected chi connectivity index (χ0v) is 7.50. The Morgan fingerprint density at radius 2 is 2.36 bits per heavy atom. The Morgan fingerprint density at radius 3 is 3.00 bits per heavy atom. The first kappa shape index (κ1) is 8.22. The van der Waals surface area contributed by atoms with Crippen LogP contribution in [0.2, 0.25) is 0 Å². The van der Waals surface area contributed by atoms with Crippen LogP contribution in [0.4, 0.5) is 0 Å². The van der Waals surface area contributed by atoms with E-state index in [1.165, 1.54) is 0 Å². The predicted molar refractivity (Wildman–Crippen MR) is 45.9 cm³/mol. The van der Waals surface area contributed by atoms with E-state index in [-0.39, 0.29) is 0 Å². The Hall–Kier alpha value is -0.880. The van der Waals surface area contributed by atoms with Crippen molar-refractivity contribution in [1.29, 1.82) is 5.26 Å². The highest BCUT2D eigenvalue weighted by Crippen LogP contribution is 2.07. The van der Waals surface area contributed by atoms with Crippen LogP contribution in [0.5, 0.6) is 0 Å². The number of nitrogens with zero attached hydrogens (tertiary/aromatic N) is 2. The molecule has 2 nitrogen and oxygen atoms in total. The number of rotatable bonds is 2. The highest BCUT2D eigenvalue weighted by molar-refractivity contribution is 9.10. The maximum atomic E-state index is 8.31. The van der Waals surface area contributed by atoms with Gasteiger partial charge in [0.1, 0.15) is 4.60 Å². The second-order valence-electron chi connectivity index (χ2n) is 2.11. The highest BCUT2D eigenvalue weighted by atomic mass is 79.9. The van der Waals surface area contributed by atoms with Gasteiger partial charge in [0.2, 0.25) is 0 Å². The maximum Gasteiger partial charge on any atom is 0.106 e. The van der Waals surface area contributed by atoms with Crippen molar-refractivity contribution in [3.63, 3.8) is 0 Å². The summed E-state index contributed by atoms with van der Waals surface area (Å²) in [6, 6.07) is 7.79. The number of nitriles is 1. The van der Waals surface area contributed by atoms with Crippen molar-refractivity contribution >= 4 is 15.9 Å². The number of aromatic nitrogens is 1. The summed E-state index contributed by atoms with van der Waals surface area (Å²) in [6.07, 6.45) is 1.26. The fourth-order valence-corrected chi connectivity index (χ4v) is 1.15. The Balaban J connectivity index is 2.65. The molecule has 0 aliphatic heterocycles. The van der Waals surface area contributed by atoms with Gasteiger partial charge < -0.3 is 0 Å². The van der Waals surface area contributed by atoms with Crippen LogP contribution in [-0.2, 0) is 6.42 Å². The molecule has 0 saturated heterocycles. The Labute approximate surface area is 74.0 Å². The maximum absolute atomic E-state index is 8.31. The SMILES string of the molecule is N#CCCc1cccc(Br)n1. The van der Waals surface area contributed by atoms with Crippen molar-refractivity contribution < 1.29 is 0 Å². The van der Waals surface area contributed by atoms with Gasteiger partial charge in [0.05, 0.1) is 6.07 Å². The average molecular weight is 211 g/mol. The number of hydrogen-bond donors (Lipinski definition) is 0. The van der Waals surface area contributed by atoms with Gasteiger partial charge in [0.15, 0.2) is 0 Å². The van der Waals surface area contributed by atoms with E-state index in [4.69, 9.17) is 5.26 Å². The van der Waals surface area contributed by atoms with Crippen LogP contribution in [0.1, 0.15) is 12.1 Å². The third kappa shape index (κ3) is 2.69. The van der Waals surface area contributed by atoms with Gasteiger partial charge in [-0.1, -0.05) is 6.07 Å². The summed E-state index contributed by atoms with van der Waals surface area (Å²) in [7, 11) is 0. The molecular weight excluding hydrogens is 204 g/mol. The molecule has 1 aromatic rings. The topological polar surface area (TPSA) is 36.7 Å². The summed E-state index contributed by atoms with van der Waals surface area (Å²) in [5.41, 5.74) is 0.959. The van der Waals surface area contributed by atoms with Crippen LogP contribution in [-0.4, -0.2) is 4.98 Å². The molecule has 0 fully saturated rings. The van der Waals surface area contributed by atoms with E-state index >= 15 is 0 Å². The largest absolute Gasteiger partial charge is 0.246 e. The van der Waals surface area contributed by atoms with Gasteiger partial charge in [0, 0.05) is 18.5 Å². The Kier molecular flexibility index (Phi) is 3.06. The molecule has 1 heterocycles. The quantitative estimate of drug-likeness (QED) is 0.703. The van der Waals surface area contributed by atoms with E-state index < -0.39 is 0 Å². The molecule has 0 amide bonds. The summed E-state index contributed by atoms with van der Waals surface area (Å²) in [5, 5.41) is 8.31. The first-order valence-electron chi connectivity index (χ1n) is 3.31. The van der Waals surface area contributed by atoms with Gasteiger partial charge in [-0.3, -0.25) is 0 Å². The monoisotopic (exact) mass is 210 g/mol. The minimum absolute atomic E-state index is 0.531. The normalized spacial score (nSPS) is 9.09. The molecule has 0 aromatic carbocycles. The van der Waals surface area contributed by atoms with E-state index in [0.29, 0.717) is 6.42 Å².